The van der Waals surface area contributed by atoms with Crippen molar-refractivity contribution < 1.29 is 9.59 Å². The van der Waals surface area contributed by atoms with E-state index < -0.39 is 0 Å². The van der Waals surface area contributed by atoms with Gasteiger partial charge in [-0.3, -0.25) is 9.59 Å². The molecule has 25 heavy (non-hydrogen) atoms. The molecule has 1 aromatic rings. The van der Waals surface area contributed by atoms with E-state index in [0.29, 0.717) is 19.5 Å². The summed E-state index contributed by atoms with van der Waals surface area (Å²) in [4.78, 5) is 27.8. The van der Waals surface area contributed by atoms with Gasteiger partial charge in [-0.1, -0.05) is 13.3 Å². The first kappa shape index (κ1) is 21.0. The summed E-state index contributed by atoms with van der Waals surface area (Å²) < 4.78 is 0. The molecule has 1 N–H and O–H groups in total. The minimum Gasteiger partial charge on any atom is -0.372 e. The van der Waals surface area contributed by atoms with E-state index in [9.17, 15) is 9.59 Å². The second kappa shape index (κ2) is 10.7. The topological polar surface area (TPSA) is 52.7 Å². The number of anilines is 2. The van der Waals surface area contributed by atoms with E-state index in [1.165, 1.54) is 5.69 Å². The molecule has 2 amide bonds. The summed E-state index contributed by atoms with van der Waals surface area (Å²) in [5.41, 5.74) is 3.14. The number of amides is 2. The fraction of sp³-hybridized carbons (Fsp3) is 0.600. The minimum atomic E-state index is -0.0125. The van der Waals surface area contributed by atoms with Crippen molar-refractivity contribution in [1.29, 1.82) is 0 Å². The summed E-state index contributed by atoms with van der Waals surface area (Å²) in [6.07, 6.45) is 2.45. The molecule has 0 fully saturated rings. The van der Waals surface area contributed by atoms with Gasteiger partial charge in [0.25, 0.3) is 0 Å². The number of unbranched alkanes of at least 4 members (excludes halogenated alkanes) is 1. The number of carbonyl (C=O) groups is 2. The highest BCUT2D eigenvalue weighted by Gasteiger charge is 2.15. The molecule has 0 unspecified atom stereocenters. The van der Waals surface area contributed by atoms with Crippen molar-refractivity contribution in [3.8, 4) is 0 Å². The highest BCUT2D eigenvalue weighted by atomic mass is 16.2. The van der Waals surface area contributed by atoms with Crippen LogP contribution < -0.4 is 15.1 Å². The van der Waals surface area contributed by atoms with Gasteiger partial charge in [0.2, 0.25) is 11.8 Å². The standard InChI is InChI=1S/C20H33N3O2/c1-6-9-10-20(25)21-13-14-23(17(5)24)19-12-11-18(15-16(19)4)22(7-2)8-3/h11-12,15H,6-10,13-14H2,1-5H3,(H,21,25). The van der Waals surface area contributed by atoms with Gasteiger partial charge in [-0.05, 0) is 51.0 Å². The molecule has 0 radical (unpaired) electrons. The quantitative estimate of drug-likeness (QED) is 0.705. The monoisotopic (exact) mass is 347 g/mol. The Morgan fingerprint density at radius 1 is 1.12 bits per heavy atom. The molecule has 0 saturated carbocycles. The van der Waals surface area contributed by atoms with Gasteiger partial charge in [0.1, 0.15) is 0 Å². The molecule has 5 heteroatoms. The Labute approximate surface area is 152 Å². The van der Waals surface area contributed by atoms with Crippen LogP contribution >= 0.6 is 0 Å². The summed E-state index contributed by atoms with van der Waals surface area (Å²) >= 11 is 0. The van der Waals surface area contributed by atoms with Crippen molar-refractivity contribution in [2.24, 2.45) is 0 Å². The van der Waals surface area contributed by atoms with Crippen molar-refractivity contribution in [3.05, 3.63) is 23.8 Å². The molecule has 0 heterocycles. The number of nitrogens with zero attached hydrogens (tertiary/aromatic N) is 2. The van der Waals surface area contributed by atoms with Crippen LogP contribution in [0.3, 0.4) is 0 Å². The molecule has 0 aliphatic heterocycles. The Bertz CT molecular complexity index is 568. The van der Waals surface area contributed by atoms with Crippen LogP contribution in [-0.4, -0.2) is 38.0 Å². The van der Waals surface area contributed by atoms with Crippen molar-refractivity contribution in [1.82, 2.24) is 5.32 Å². The van der Waals surface area contributed by atoms with Crippen LogP contribution in [0.15, 0.2) is 18.2 Å². The lowest BCUT2D eigenvalue weighted by atomic mass is 10.1. The molecule has 0 spiro atoms. The van der Waals surface area contributed by atoms with E-state index in [1.54, 1.807) is 11.8 Å². The van der Waals surface area contributed by atoms with Crippen LogP contribution in [0.25, 0.3) is 0 Å². The van der Waals surface area contributed by atoms with Gasteiger partial charge in [0.05, 0.1) is 0 Å². The largest absolute Gasteiger partial charge is 0.372 e. The first-order valence-corrected chi connectivity index (χ1v) is 9.34. The zero-order valence-electron chi connectivity index (χ0n) is 16.4. The van der Waals surface area contributed by atoms with Gasteiger partial charge in [-0.2, -0.15) is 0 Å². The molecule has 0 aliphatic carbocycles. The highest BCUT2D eigenvalue weighted by Crippen LogP contribution is 2.25. The number of hydrogen-bond donors (Lipinski definition) is 1. The lowest BCUT2D eigenvalue weighted by Gasteiger charge is -2.26. The van der Waals surface area contributed by atoms with E-state index >= 15 is 0 Å². The van der Waals surface area contributed by atoms with Gasteiger partial charge < -0.3 is 15.1 Å². The molecule has 5 nitrogen and oxygen atoms in total. The second-order valence-electron chi connectivity index (χ2n) is 6.27. The maximum Gasteiger partial charge on any atom is 0.223 e. The Morgan fingerprint density at radius 2 is 1.80 bits per heavy atom. The van der Waals surface area contributed by atoms with Gasteiger partial charge in [-0.15, -0.1) is 0 Å². The molecular weight excluding hydrogens is 314 g/mol. The number of nitrogens with one attached hydrogen (secondary N) is 1. The normalized spacial score (nSPS) is 10.4. The van der Waals surface area contributed by atoms with Gasteiger partial charge >= 0.3 is 0 Å². The molecule has 0 saturated heterocycles. The molecule has 0 aromatic heterocycles. The Morgan fingerprint density at radius 3 is 2.32 bits per heavy atom. The van der Waals surface area contributed by atoms with E-state index in [0.717, 1.165) is 37.2 Å². The zero-order chi connectivity index (χ0) is 18.8. The van der Waals surface area contributed by atoms with Crippen molar-refractivity contribution in [2.75, 3.05) is 36.0 Å². The van der Waals surface area contributed by atoms with E-state index in [1.807, 2.05) is 13.0 Å². The fourth-order valence-electron chi connectivity index (χ4n) is 2.91. The van der Waals surface area contributed by atoms with Crippen LogP contribution in [0.2, 0.25) is 0 Å². The molecule has 0 atom stereocenters. The van der Waals surface area contributed by atoms with Gasteiger partial charge in [0, 0.05) is 50.9 Å². The third kappa shape index (κ3) is 6.40. The molecule has 0 bridgehead atoms. The lowest BCUT2D eigenvalue weighted by Crippen LogP contribution is -2.38. The van der Waals surface area contributed by atoms with Crippen LogP contribution in [0.4, 0.5) is 11.4 Å². The summed E-state index contributed by atoms with van der Waals surface area (Å²) in [7, 11) is 0. The average Bonchev–Trinajstić information content (AvgIpc) is 2.58. The van der Waals surface area contributed by atoms with Gasteiger partial charge in [0.15, 0.2) is 0 Å². The predicted octanol–water partition coefficient (Wildman–Crippen LogP) is 3.50. The van der Waals surface area contributed by atoms with Crippen molar-refractivity contribution in [3.63, 3.8) is 0 Å². The first-order valence-electron chi connectivity index (χ1n) is 9.34. The third-order valence-corrected chi connectivity index (χ3v) is 4.39. The number of aryl methyl sites for hydroxylation is 1. The SMILES string of the molecule is CCCCC(=O)NCCN(C(C)=O)c1ccc(N(CC)CC)cc1C. The summed E-state index contributed by atoms with van der Waals surface area (Å²) in [6.45, 7) is 12.8. The van der Waals surface area contributed by atoms with Crippen LogP contribution in [0.1, 0.15) is 52.5 Å². The van der Waals surface area contributed by atoms with E-state index in [4.69, 9.17) is 0 Å². The molecular formula is C20H33N3O2. The molecule has 1 aromatic carbocycles. The fourth-order valence-corrected chi connectivity index (χ4v) is 2.91. The minimum absolute atomic E-state index is 0.0125. The smallest absolute Gasteiger partial charge is 0.223 e. The average molecular weight is 348 g/mol. The first-order chi connectivity index (χ1) is 11.9. The zero-order valence-corrected chi connectivity index (χ0v) is 16.4. The second-order valence-corrected chi connectivity index (χ2v) is 6.27. The molecule has 0 aliphatic rings. The van der Waals surface area contributed by atoms with Crippen molar-refractivity contribution in [2.45, 2.75) is 53.9 Å². The Hall–Kier alpha value is -2.04. The number of carbonyl (C=O) groups excluding carboxylic acids is 2. The maximum atomic E-state index is 12.1. The summed E-state index contributed by atoms with van der Waals surface area (Å²) in [5, 5.41) is 2.90. The molecule has 1 rings (SSSR count). The van der Waals surface area contributed by atoms with Crippen molar-refractivity contribution >= 4 is 23.2 Å². The maximum absolute atomic E-state index is 12.1. The molecule has 140 valence electrons. The third-order valence-electron chi connectivity index (χ3n) is 4.39. The highest BCUT2D eigenvalue weighted by molar-refractivity contribution is 5.92. The predicted molar refractivity (Wildman–Crippen MR) is 105 cm³/mol. The van der Waals surface area contributed by atoms with Crippen LogP contribution in [0, 0.1) is 6.92 Å². The Kier molecular flexibility index (Phi) is 9.03. The van der Waals surface area contributed by atoms with Gasteiger partial charge in [-0.25, -0.2) is 0 Å². The van der Waals surface area contributed by atoms with E-state index in [2.05, 4.69) is 43.1 Å². The van der Waals surface area contributed by atoms with Crippen LogP contribution in [0.5, 0.6) is 0 Å². The lowest BCUT2D eigenvalue weighted by molar-refractivity contribution is -0.121. The number of hydrogen-bond acceptors (Lipinski definition) is 3. The number of rotatable bonds is 10. The van der Waals surface area contributed by atoms with E-state index in [-0.39, 0.29) is 11.8 Å². The Balaban J connectivity index is 2.79. The summed E-state index contributed by atoms with van der Waals surface area (Å²) in [6, 6.07) is 6.19. The number of benzene rings is 1. The van der Waals surface area contributed by atoms with Crippen LogP contribution in [-0.2, 0) is 9.59 Å². The summed E-state index contributed by atoms with van der Waals surface area (Å²) in [5.74, 6) is 0.0421.